The number of carbonyl (C=O) groups excluding carboxylic acids is 1. The first-order chi connectivity index (χ1) is 9.17. The lowest BCUT2D eigenvalue weighted by molar-refractivity contribution is 0.0557. The van der Waals surface area contributed by atoms with E-state index in [0.29, 0.717) is 19.0 Å². The number of aromatic amines is 1. The van der Waals surface area contributed by atoms with E-state index >= 15 is 0 Å². The monoisotopic (exact) mass is 263 g/mol. The first kappa shape index (κ1) is 13.8. The lowest BCUT2D eigenvalue weighted by Gasteiger charge is -2.38. The molecule has 5 nitrogen and oxygen atoms in total. The molecule has 0 saturated carbocycles. The fourth-order valence-corrected chi connectivity index (χ4v) is 2.73. The number of carbonyl (C=O) groups is 1. The molecule has 3 N–H and O–H groups in total. The average Bonchev–Trinajstić information content (AvgIpc) is 2.46. The highest BCUT2D eigenvalue weighted by Gasteiger charge is 2.31. The summed E-state index contributed by atoms with van der Waals surface area (Å²) in [4.78, 5) is 28.7. The number of nitrogens with one attached hydrogen (secondary N) is 1. The molecule has 1 amide bonds. The Morgan fingerprint density at radius 2 is 2.37 bits per heavy atom. The van der Waals surface area contributed by atoms with Crippen molar-refractivity contribution in [1.82, 2.24) is 9.88 Å². The van der Waals surface area contributed by atoms with Gasteiger partial charge >= 0.3 is 0 Å². The number of hydrogen-bond acceptors (Lipinski definition) is 3. The summed E-state index contributed by atoms with van der Waals surface area (Å²) in [5, 5.41) is 0. The molecule has 5 heteroatoms. The van der Waals surface area contributed by atoms with Gasteiger partial charge in [0, 0.05) is 37.6 Å². The number of nitrogens with two attached hydrogens (primary N) is 1. The Hall–Kier alpha value is -1.62. The van der Waals surface area contributed by atoms with Crippen LogP contribution < -0.4 is 11.2 Å². The molecule has 1 aromatic rings. The first-order valence-corrected chi connectivity index (χ1v) is 6.85. The van der Waals surface area contributed by atoms with Crippen molar-refractivity contribution in [2.24, 2.45) is 11.7 Å². The Bertz CT molecular complexity index is 497. The second-order valence-electron chi connectivity index (χ2n) is 5.11. The summed E-state index contributed by atoms with van der Waals surface area (Å²) in [6, 6.07) is 1.43. The zero-order valence-corrected chi connectivity index (χ0v) is 11.3. The minimum Gasteiger partial charge on any atom is -0.367 e. The van der Waals surface area contributed by atoms with E-state index < -0.39 is 0 Å². The zero-order chi connectivity index (χ0) is 13.8. The maximum absolute atomic E-state index is 12.4. The van der Waals surface area contributed by atoms with Crippen molar-refractivity contribution in [2.75, 3.05) is 13.1 Å². The maximum Gasteiger partial charge on any atom is 0.259 e. The normalized spacial score (nSPS) is 23.4. The van der Waals surface area contributed by atoms with Gasteiger partial charge in [-0.15, -0.1) is 0 Å². The van der Waals surface area contributed by atoms with Crippen LogP contribution >= 0.6 is 0 Å². The summed E-state index contributed by atoms with van der Waals surface area (Å²) in [6.07, 6.45) is 6.05. The van der Waals surface area contributed by atoms with Crippen molar-refractivity contribution in [3.63, 3.8) is 0 Å². The molecule has 1 fully saturated rings. The highest BCUT2D eigenvalue weighted by atomic mass is 16.2. The Morgan fingerprint density at radius 1 is 1.58 bits per heavy atom. The van der Waals surface area contributed by atoms with Crippen LogP contribution in [0.15, 0.2) is 23.3 Å². The van der Waals surface area contributed by atoms with Gasteiger partial charge in [-0.1, -0.05) is 13.3 Å². The number of piperidine rings is 1. The van der Waals surface area contributed by atoms with Gasteiger partial charge in [-0.3, -0.25) is 9.59 Å². The summed E-state index contributed by atoms with van der Waals surface area (Å²) in [7, 11) is 0. The molecule has 2 rings (SSSR count). The summed E-state index contributed by atoms with van der Waals surface area (Å²) >= 11 is 0. The van der Waals surface area contributed by atoms with Crippen molar-refractivity contribution < 1.29 is 4.79 Å². The zero-order valence-electron chi connectivity index (χ0n) is 11.3. The van der Waals surface area contributed by atoms with E-state index in [1.165, 1.54) is 18.5 Å². The Kier molecular flexibility index (Phi) is 4.37. The van der Waals surface area contributed by atoms with Gasteiger partial charge < -0.3 is 15.6 Å². The smallest absolute Gasteiger partial charge is 0.259 e. The van der Waals surface area contributed by atoms with Crippen LogP contribution in [0.3, 0.4) is 0 Å². The summed E-state index contributed by atoms with van der Waals surface area (Å²) in [5.41, 5.74) is 5.75. The van der Waals surface area contributed by atoms with E-state index in [4.69, 9.17) is 5.73 Å². The third kappa shape index (κ3) is 2.87. The fourth-order valence-electron chi connectivity index (χ4n) is 2.73. The van der Waals surface area contributed by atoms with E-state index in [0.717, 1.165) is 19.3 Å². The quantitative estimate of drug-likeness (QED) is 0.852. The lowest BCUT2D eigenvalue weighted by atomic mass is 9.88. The maximum atomic E-state index is 12.4. The molecule has 2 unspecified atom stereocenters. The fraction of sp³-hybridized carbons (Fsp3) is 0.571. The number of likely N-dealkylation sites (tertiary alicyclic amines) is 1. The van der Waals surface area contributed by atoms with E-state index in [-0.39, 0.29) is 22.9 Å². The predicted molar refractivity (Wildman–Crippen MR) is 74.0 cm³/mol. The van der Waals surface area contributed by atoms with Gasteiger partial charge in [-0.2, -0.15) is 0 Å². The number of hydrogen-bond donors (Lipinski definition) is 2. The van der Waals surface area contributed by atoms with E-state index in [1.54, 1.807) is 4.90 Å². The van der Waals surface area contributed by atoms with Crippen molar-refractivity contribution in [3.8, 4) is 0 Å². The molecule has 2 atom stereocenters. The van der Waals surface area contributed by atoms with Gasteiger partial charge in [0.2, 0.25) is 0 Å². The highest BCUT2D eigenvalue weighted by Crippen LogP contribution is 2.25. The third-order valence-electron chi connectivity index (χ3n) is 3.99. The molecule has 104 valence electrons. The molecule has 0 radical (unpaired) electrons. The minimum atomic E-state index is -0.239. The van der Waals surface area contributed by atoms with Gasteiger partial charge in [0.05, 0.1) is 0 Å². The molecular weight excluding hydrogens is 242 g/mol. The van der Waals surface area contributed by atoms with Crippen LogP contribution in [0.1, 0.15) is 36.5 Å². The SMILES string of the molecule is CCC1CCN(C(=O)c2c[nH]ccc2=O)C(CN)C1. The number of rotatable bonds is 3. The Morgan fingerprint density at radius 3 is 3.00 bits per heavy atom. The molecule has 19 heavy (non-hydrogen) atoms. The predicted octanol–water partition coefficient (Wildman–Crippen LogP) is 0.964. The second-order valence-corrected chi connectivity index (χ2v) is 5.11. The van der Waals surface area contributed by atoms with Crippen molar-refractivity contribution in [3.05, 3.63) is 34.2 Å². The van der Waals surface area contributed by atoms with Crippen LogP contribution in [-0.4, -0.2) is 34.9 Å². The van der Waals surface area contributed by atoms with E-state index in [2.05, 4.69) is 11.9 Å². The molecular formula is C14H21N3O2. The van der Waals surface area contributed by atoms with Crippen LogP contribution in [0.5, 0.6) is 0 Å². The number of pyridine rings is 1. The van der Waals surface area contributed by atoms with Gasteiger partial charge in [0.15, 0.2) is 5.43 Å². The number of amides is 1. The van der Waals surface area contributed by atoms with Gasteiger partial charge in [-0.25, -0.2) is 0 Å². The first-order valence-electron chi connectivity index (χ1n) is 6.85. The summed E-state index contributed by atoms with van der Waals surface area (Å²) in [6.45, 7) is 3.30. The van der Waals surface area contributed by atoms with Gasteiger partial charge in [-0.05, 0) is 18.8 Å². The summed E-state index contributed by atoms with van der Waals surface area (Å²) < 4.78 is 0. The van der Waals surface area contributed by atoms with Crippen molar-refractivity contribution >= 4 is 5.91 Å². The highest BCUT2D eigenvalue weighted by molar-refractivity contribution is 5.94. The molecule has 0 spiro atoms. The minimum absolute atomic E-state index is 0.0470. The van der Waals surface area contributed by atoms with Crippen LogP contribution in [0.2, 0.25) is 0 Å². The van der Waals surface area contributed by atoms with Crippen LogP contribution in [0.4, 0.5) is 0 Å². The average molecular weight is 263 g/mol. The van der Waals surface area contributed by atoms with Crippen LogP contribution in [0.25, 0.3) is 0 Å². The lowest BCUT2D eigenvalue weighted by Crippen LogP contribution is -2.50. The number of nitrogens with zero attached hydrogens (tertiary/aromatic N) is 1. The largest absolute Gasteiger partial charge is 0.367 e. The molecule has 1 aromatic heterocycles. The molecule has 2 heterocycles. The van der Waals surface area contributed by atoms with Crippen molar-refractivity contribution in [1.29, 1.82) is 0 Å². The van der Waals surface area contributed by atoms with Crippen LogP contribution in [0, 0.1) is 5.92 Å². The Balaban J connectivity index is 2.19. The van der Waals surface area contributed by atoms with Gasteiger partial charge in [0.1, 0.15) is 5.56 Å². The van der Waals surface area contributed by atoms with Gasteiger partial charge in [0.25, 0.3) is 5.91 Å². The molecule has 0 aliphatic carbocycles. The van der Waals surface area contributed by atoms with Crippen molar-refractivity contribution in [2.45, 2.75) is 32.2 Å². The molecule has 0 aromatic carbocycles. The van der Waals surface area contributed by atoms with E-state index in [9.17, 15) is 9.59 Å². The summed E-state index contributed by atoms with van der Waals surface area (Å²) in [5.74, 6) is 0.429. The topological polar surface area (TPSA) is 79.2 Å². The second kappa shape index (κ2) is 6.02. The van der Waals surface area contributed by atoms with Crippen LogP contribution in [-0.2, 0) is 0 Å². The third-order valence-corrected chi connectivity index (χ3v) is 3.99. The Labute approximate surface area is 112 Å². The number of H-pyrrole nitrogens is 1. The molecule has 1 aliphatic heterocycles. The number of aromatic nitrogens is 1. The molecule has 1 saturated heterocycles. The molecule has 0 bridgehead atoms. The molecule has 1 aliphatic rings. The van der Waals surface area contributed by atoms with E-state index in [1.807, 2.05) is 0 Å². The standard InChI is InChI=1S/C14H21N3O2/c1-2-10-4-6-17(11(7-10)8-15)14(19)12-9-16-5-3-13(12)18/h3,5,9-11H,2,4,6-8,15H2,1H3,(H,16,18).